The molecule has 3 heterocycles. The summed E-state index contributed by atoms with van der Waals surface area (Å²) in [6.45, 7) is 3.36. The minimum atomic E-state index is -0.743. The molecule has 0 bridgehead atoms. The van der Waals surface area contributed by atoms with Gasteiger partial charge in [-0.3, -0.25) is 4.79 Å². The van der Waals surface area contributed by atoms with E-state index < -0.39 is 5.97 Å². The first-order valence-corrected chi connectivity index (χ1v) is 11.8. The Morgan fingerprint density at radius 1 is 1.20 bits per heavy atom. The Kier molecular flexibility index (Phi) is 5.15. The van der Waals surface area contributed by atoms with E-state index in [0.717, 1.165) is 47.4 Å². The average Bonchev–Trinajstić information content (AvgIpc) is 3.08. The predicted octanol–water partition coefficient (Wildman–Crippen LogP) is 5.50. The topological polar surface area (TPSA) is 66.3 Å². The molecule has 1 aliphatic heterocycles. The van der Waals surface area contributed by atoms with E-state index in [0.29, 0.717) is 13.0 Å². The molecule has 156 valence electrons. The number of carbonyl (C=O) groups is 1. The van der Waals surface area contributed by atoms with Gasteiger partial charge >= 0.3 is 5.97 Å². The summed E-state index contributed by atoms with van der Waals surface area (Å²) in [5, 5.41) is 10.8. The Labute approximate surface area is 184 Å². The van der Waals surface area contributed by atoms with Crippen LogP contribution in [0.25, 0.3) is 21.3 Å². The van der Waals surface area contributed by atoms with E-state index in [1.807, 2.05) is 0 Å². The molecule has 1 aromatic carbocycles. The lowest BCUT2D eigenvalue weighted by molar-refractivity contribution is -0.141. The van der Waals surface area contributed by atoms with Gasteiger partial charge in [-0.25, -0.2) is 4.98 Å². The molecule has 1 aliphatic carbocycles. The number of aliphatic carboxylic acids is 1. The van der Waals surface area contributed by atoms with Crippen molar-refractivity contribution in [2.45, 2.75) is 45.4 Å². The highest BCUT2D eigenvalue weighted by atomic mass is 35.5. The van der Waals surface area contributed by atoms with Crippen LogP contribution in [0.2, 0.25) is 5.28 Å². The van der Waals surface area contributed by atoms with Gasteiger partial charge in [0, 0.05) is 23.5 Å². The molecule has 7 heteroatoms. The number of halogens is 1. The second kappa shape index (κ2) is 7.82. The van der Waals surface area contributed by atoms with Gasteiger partial charge < -0.3 is 10.0 Å². The molecule has 1 fully saturated rings. The summed E-state index contributed by atoms with van der Waals surface area (Å²) in [6.07, 6.45) is 6.34. The number of fused-ring (bicyclic) bond motifs is 2. The van der Waals surface area contributed by atoms with E-state index in [1.54, 1.807) is 11.3 Å². The molecule has 2 aromatic heterocycles. The molecule has 5 rings (SSSR count). The number of piperidine rings is 1. The van der Waals surface area contributed by atoms with E-state index in [-0.39, 0.29) is 11.2 Å². The van der Waals surface area contributed by atoms with Crippen LogP contribution in [0, 0.1) is 12.8 Å². The maximum absolute atomic E-state index is 11.6. The third-order valence-electron chi connectivity index (χ3n) is 6.39. The molecule has 2 aliphatic rings. The number of carboxylic acid groups (broad SMARTS) is 1. The second-order valence-electron chi connectivity index (χ2n) is 8.34. The summed E-state index contributed by atoms with van der Waals surface area (Å²) >= 11 is 7.92. The SMILES string of the molecule is Cc1sc2nc(Cl)nc(N3CCCC(C(=O)O)C3)c2c1-c1ccc2c(c1)CCCC2. The first kappa shape index (κ1) is 19.8. The van der Waals surface area contributed by atoms with Crippen LogP contribution in [-0.4, -0.2) is 34.1 Å². The molecule has 3 aromatic rings. The molecule has 5 nitrogen and oxygen atoms in total. The first-order valence-electron chi connectivity index (χ1n) is 10.6. The molecular formula is C23H24ClN3O2S. The molecule has 0 amide bonds. The van der Waals surface area contributed by atoms with Crippen LogP contribution in [0.15, 0.2) is 18.2 Å². The van der Waals surface area contributed by atoms with Crippen molar-refractivity contribution in [3.05, 3.63) is 39.5 Å². The molecular weight excluding hydrogens is 418 g/mol. The molecule has 1 saturated heterocycles. The number of thiophene rings is 1. The van der Waals surface area contributed by atoms with E-state index >= 15 is 0 Å². The first-order chi connectivity index (χ1) is 14.5. The fourth-order valence-electron chi connectivity index (χ4n) is 4.90. The Balaban J connectivity index is 1.67. The molecule has 30 heavy (non-hydrogen) atoms. The highest BCUT2D eigenvalue weighted by Crippen LogP contribution is 2.43. The third-order valence-corrected chi connectivity index (χ3v) is 7.56. The second-order valence-corrected chi connectivity index (χ2v) is 9.88. The minimum absolute atomic E-state index is 0.216. The number of benzene rings is 1. The van der Waals surface area contributed by atoms with Crippen molar-refractivity contribution in [2.24, 2.45) is 5.92 Å². The minimum Gasteiger partial charge on any atom is -0.481 e. The van der Waals surface area contributed by atoms with Gasteiger partial charge in [0.1, 0.15) is 10.6 Å². The Bertz CT molecular complexity index is 1140. The summed E-state index contributed by atoms with van der Waals surface area (Å²) < 4.78 is 0. The molecule has 0 saturated carbocycles. The smallest absolute Gasteiger partial charge is 0.308 e. The average molecular weight is 442 g/mol. The quantitative estimate of drug-likeness (QED) is 0.543. The van der Waals surface area contributed by atoms with Gasteiger partial charge in [0.05, 0.1) is 11.3 Å². The van der Waals surface area contributed by atoms with Crippen molar-refractivity contribution in [3.8, 4) is 11.1 Å². The van der Waals surface area contributed by atoms with E-state index in [9.17, 15) is 9.90 Å². The summed E-state index contributed by atoms with van der Waals surface area (Å²) in [5.74, 6) is -0.352. The third kappa shape index (κ3) is 3.46. The molecule has 1 unspecified atom stereocenters. The van der Waals surface area contributed by atoms with Crippen molar-refractivity contribution in [3.63, 3.8) is 0 Å². The Morgan fingerprint density at radius 3 is 2.80 bits per heavy atom. The van der Waals surface area contributed by atoms with Gasteiger partial charge in [0.25, 0.3) is 0 Å². The lowest BCUT2D eigenvalue weighted by Gasteiger charge is -2.32. The molecule has 0 spiro atoms. The van der Waals surface area contributed by atoms with Crippen LogP contribution >= 0.6 is 22.9 Å². The van der Waals surface area contributed by atoms with Gasteiger partial charge in [-0.1, -0.05) is 18.2 Å². The predicted molar refractivity (Wildman–Crippen MR) is 122 cm³/mol. The van der Waals surface area contributed by atoms with E-state index in [1.165, 1.54) is 34.4 Å². The lowest BCUT2D eigenvalue weighted by Crippen LogP contribution is -2.39. The highest BCUT2D eigenvalue weighted by Gasteiger charge is 2.29. The number of aromatic nitrogens is 2. The number of hydrogen-bond donors (Lipinski definition) is 1. The largest absolute Gasteiger partial charge is 0.481 e. The summed E-state index contributed by atoms with van der Waals surface area (Å²) in [6, 6.07) is 6.81. The maximum Gasteiger partial charge on any atom is 0.308 e. The van der Waals surface area contributed by atoms with Crippen LogP contribution in [0.5, 0.6) is 0 Å². The maximum atomic E-state index is 11.6. The number of nitrogens with zero attached hydrogens (tertiary/aromatic N) is 3. The van der Waals surface area contributed by atoms with Crippen LogP contribution in [0.1, 0.15) is 41.7 Å². The normalized spacial score (nSPS) is 19.1. The van der Waals surface area contributed by atoms with Crippen LogP contribution < -0.4 is 4.90 Å². The van der Waals surface area contributed by atoms with Gasteiger partial charge in [0.2, 0.25) is 5.28 Å². The standard InChI is InChI=1S/C23H24ClN3O2S/c1-13-18(16-9-8-14-5-2-3-6-15(14)11-16)19-20(25-23(24)26-21(19)30-13)27-10-4-7-17(12-27)22(28)29/h8-9,11,17H,2-7,10,12H2,1H3,(H,28,29). The van der Waals surface area contributed by atoms with Crippen LogP contribution in [-0.2, 0) is 17.6 Å². The van der Waals surface area contributed by atoms with Crippen LogP contribution in [0.4, 0.5) is 5.82 Å². The highest BCUT2D eigenvalue weighted by molar-refractivity contribution is 7.19. The fourth-order valence-corrected chi connectivity index (χ4v) is 6.16. The van der Waals surface area contributed by atoms with Gasteiger partial charge in [-0.2, -0.15) is 4.98 Å². The number of aryl methyl sites for hydroxylation is 3. The zero-order valence-corrected chi connectivity index (χ0v) is 18.5. The van der Waals surface area contributed by atoms with Crippen LogP contribution in [0.3, 0.4) is 0 Å². The van der Waals surface area contributed by atoms with Gasteiger partial charge in [-0.15, -0.1) is 11.3 Å². The van der Waals surface area contributed by atoms with Crippen molar-refractivity contribution in [1.82, 2.24) is 9.97 Å². The van der Waals surface area contributed by atoms with E-state index in [2.05, 4.69) is 40.0 Å². The lowest BCUT2D eigenvalue weighted by atomic mass is 9.88. The molecule has 1 atom stereocenters. The van der Waals surface area contributed by atoms with Crippen molar-refractivity contribution in [1.29, 1.82) is 0 Å². The number of carboxylic acids is 1. The van der Waals surface area contributed by atoms with Crippen molar-refractivity contribution in [2.75, 3.05) is 18.0 Å². The molecule has 0 radical (unpaired) electrons. The Hall–Kier alpha value is -2.18. The van der Waals surface area contributed by atoms with E-state index in [4.69, 9.17) is 11.6 Å². The summed E-state index contributed by atoms with van der Waals surface area (Å²) in [7, 11) is 0. The Morgan fingerprint density at radius 2 is 2.00 bits per heavy atom. The zero-order valence-electron chi connectivity index (χ0n) is 16.9. The zero-order chi connectivity index (χ0) is 20.8. The summed E-state index contributed by atoms with van der Waals surface area (Å²) in [4.78, 5) is 24.9. The summed E-state index contributed by atoms with van der Waals surface area (Å²) in [5.41, 5.74) is 5.26. The monoisotopic (exact) mass is 441 g/mol. The number of hydrogen-bond acceptors (Lipinski definition) is 5. The van der Waals surface area contributed by atoms with Crippen molar-refractivity contribution < 1.29 is 9.90 Å². The fraction of sp³-hybridized carbons (Fsp3) is 0.435. The molecule has 1 N–H and O–H groups in total. The number of rotatable bonds is 3. The number of anilines is 1. The van der Waals surface area contributed by atoms with Gasteiger partial charge in [0.15, 0.2) is 0 Å². The van der Waals surface area contributed by atoms with Crippen molar-refractivity contribution >= 4 is 44.9 Å². The van der Waals surface area contributed by atoms with Gasteiger partial charge in [-0.05, 0) is 73.7 Å².